The molecule has 0 spiro atoms. The number of nitro benzene ring substituents is 1. The maximum atomic E-state index is 12.3. The van der Waals surface area contributed by atoms with Gasteiger partial charge in [0.2, 0.25) is 11.8 Å². The number of hydrogen-bond acceptors (Lipinski definition) is 4. The number of non-ortho nitro benzene ring substituents is 1. The molecule has 0 atom stereocenters. The molecule has 2 aromatic rings. The molecule has 0 aliphatic carbocycles. The Kier molecular flexibility index (Phi) is 6.06. The van der Waals surface area contributed by atoms with Crippen molar-refractivity contribution in [3.05, 3.63) is 69.3 Å². The van der Waals surface area contributed by atoms with Gasteiger partial charge in [-0.25, -0.2) is 0 Å². The molecule has 2 aromatic carbocycles. The Labute approximate surface area is 151 Å². The number of amides is 2. The highest BCUT2D eigenvalue weighted by Crippen LogP contribution is 2.16. The number of nitro groups is 1. The van der Waals surface area contributed by atoms with Gasteiger partial charge in [-0.15, -0.1) is 0 Å². The maximum absolute atomic E-state index is 12.3. The van der Waals surface area contributed by atoms with Gasteiger partial charge in [0, 0.05) is 24.9 Å². The third-order valence-electron chi connectivity index (χ3n) is 3.98. The fraction of sp³-hybridized carbons (Fsp3) is 0.263. The van der Waals surface area contributed by atoms with Crippen molar-refractivity contribution >= 4 is 23.2 Å². The number of rotatable bonds is 6. The Bertz CT molecular complexity index is 831. The molecule has 1 N–H and O–H groups in total. The van der Waals surface area contributed by atoms with Crippen molar-refractivity contribution in [3.63, 3.8) is 0 Å². The summed E-state index contributed by atoms with van der Waals surface area (Å²) in [6.07, 6.45) is 0.0746. The van der Waals surface area contributed by atoms with Crippen molar-refractivity contribution in [2.75, 3.05) is 18.9 Å². The van der Waals surface area contributed by atoms with E-state index in [0.29, 0.717) is 5.56 Å². The minimum atomic E-state index is -0.491. The largest absolute Gasteiger partial charge is 0.336 e. The van der Waals surface area contributed by atoms with Gasteiger partial charge >= 0.3 is 0 Å². The van der Waals surface area contributed by atoms with Gasteiger partial charge in [-0.1, -0.05) is 24.3 Å². The van der Waals surface area contributed by atoms with Crippen LogP contribution in [0.5, 0.6) is 0 Å². The molecule has 136 valence electrons. The van der Waals surface area contributed by atoms with Crippen molar-refractivity contribution in [3.8, 4) is 0 Å². The first-order valence-electron chi connectivity index (χ1n) is 8.10. The summed E-state index contributed by atoms with van der Waals surface area (Å²) in [5.74, 6) is -0.520. The van der Waals surface area contributed by atoms with Gasteiger partial charge in [-0.2, -0.15) is 0 Å². The summed E-state index contributed by atoms with van der Waals surface area (Å²) in [4.78, 5) is 35.9. The van der Waals surface area contributed by atoms with Crippen molar-refractivity contribution in [1.82, 2.24) is 4.90 Å². The van der Waals surface area contributed by atoms with E-state index in [1.807, 2.05) is 32.0 Å². The number of nitrogens with zero attached hydrogens (tertiary/aromatic N) is 2. The fourth-order valence-corrected chi connectivity index (χ4v) is 2.41. The lowest BCUT2D eigenvalue weighted by atomic mass is 10.1. The molecular weight excluding hydrogens is 334 g/mol. The van der Waals surface area contributed by atoms with Crippen LogP contribution in [0.15, 0.2) is 42.5 Å². The molecule has 0 bridgehead atoms. The highest BCUT2D eigenvalue weighted by molar-refractivity contribution is 5.95. The second-order valence-electron chi connectivity index (χ2n) is 6.22. The van der Waals surface area contributed by atoms with E-state index in [4.69, 9.17) is 0 Å². The van der Waals surface area contributed by atoms with Crippen LogP contribution in [0.2, 0.25) is 0 Å². The SMILES string of the molecule is Cc1ccc(C)c(NC(=O)CN(C)C(=O)Cc2ccc([N+](=O)[O-])cc2)c1. The molecule has 0 aliphatic rings. The van der Waals surface area contributed by atoms with Crippen LogP contribution in [0.1, 0.15) is 16.7 Å². The van der Waals surface area contributed by atoms with E-state index in [9.17, 15) is 19.7 Å². The monoisotopic (exact) mass is 355 g/mol. The Hall–Kier alpha value is -3.22. The van der Waals surface area contributed by atoms with Crippen LogP contribution >= 0.6 is 0 Å². The number of benzene rings is 2. The van der Waals surface area contributed by atoms with E-state index >= 15 is 0 Å². The lowest BCUT2D eigenvalue weighted by Crippen LogP contribution is -2.35. The van der Waals surface area contributed by atoms with Crippen LogP contribution in [0.25, 0.3) is 0 Å². The van der Waals surface area contributed by atoms with Gasteiger partial charge < -0.3 is 10.2 Å². The molecule has 0 saturated carbocycles. The van der Waals surface area contributed by atoms with E-state index in [0.717, 1.165) is 16.8 Å². The predicted molar refractivity (Wildman–Crippen MR) is 99.0 cm³/mol. The van der Waals surface area contributed by atoms with Crippen molar-refractivity contribution in [2.24, 2.45) is 0 Å². The molecule has 7 heteroatoms. The molecule has 0 saturated heterocycles. The lowest BCUT2D eigenvalue weighted by Gasteiger charge is -2.17. The van der Waals surface area contributed by atoms with Crippen molar-refractivity contribution in [2.45, 2.75) is 20.3 Å². The van der Waals surface area contributed by atoms with Gasteiger partial charge in [0.15, 0.2) is 0 Å². The quantitative estimate of drug-likeness (QED) is 0.637. The zero-order valence-electron chi connectivity index (χ0n) is 15.0. The Morgan fingerprint density at radius 2 is 1.77 bits per heavy atom. The number of carbonyl (C=O) groups is 2. The van der Waals surface area contributed by atoms with Gasteiger partial charge in [0.1, 0.15) is 0 Å². The minimum absolute atomic E-state index is 0.0255. The van der Waals surface area contributed by atoms with Crippen LogP contribution in [-0.4, -0.2) is 35.2 Å². The summed E-state index contributed by atoms with van der Waals surface area (Å²) >= 11 is 0. The third kappa shape index (κ3) is 5.14. The molecule has 0 heterocycles. The highest BCUT2D eigenvalue weighted by Gasteiger charge is 2.15. The molecule has 0 radical (unpaired) electrons. The van der Waals surface area contributed by atoms with E-state index < -0.39 is 4.92 Å². The average Bonchev–Trinajstić information content (AvgIpc) is 2.58. The summed E-state index contributed by atoms with van der Waals surface area (Å²) in [6, 6.07) is 11.6. The zero-order valence-corrected chi connectivity index (χ0v) is 15.0. The number of hydrogen-bond donors (Lipinski definition) is 1. The molecule has 26 heavy (non-hydrogen) atoms. The molecule has 7 nitrogen and oxygen atoms in total. The van der Waals surface area contributed by atoms with E-state index in [-0.39, 0.29) is 30.5 Å². The Balaban J connectivity index is 1.92. The Morgan fingerprint density at radius 1 is 1.12 bits per heavy atom. The van der Waals surface area contributed by atoms with E-state index in [1.54, 1.807) is 19.2 Å². The summed E-state index contributed by atoms with van der Waals surface area (Å²) < 4.78 is 0. The van der Waals surface area contributed by atoms with Crippen LogP contribution in [0.3, 0.4) is 0 Å². The van der Waals surface area contributed by atoms with Crippen molar-refractivity contribution in [1.29, 1.82) is 0 Å². The smallest absolute Gasteiger partial charge is 0.269 e. The number of likely N-dealkylation sites (N-methyl/N-ethyl adjacent to an activating group) is 1. The third-order valence-corrected chi connectivity index (χ3v) is 3.98. The summed E-state index contributed by atoms with van der Waals surface area (Å²) in [5, 5.41) is 13.5. The van der Waals surface area contributed by atoms with E-state index in [2.05, 4.69) is 5.32 Å². The number of aryl methyl sites for hydroxylation is 2. The van der Waals surface area contributed by atoms with Gasteiger partial charge in [0.25, 0.3) is 5.69 Å². The summed E-state index contributed by atoms with van der Waals surface area (Å²) in [6.45, 7) is 3.77. The highest BCUT2D eigenvalue weighted by atomic mass is 16.6. The van der Waals surface area contributed by atoms with Crippen LogP contribution < -0.4 is 5.32 Å². The standard InChI is InChI=1S/C19H21N3O4/c1-13-4-5-14(2)17(10-13)20-18(23)12-21(3)19(24)11-15-6-8-16(9-7-15)22(25)26/h4-10H,11-12H2,1-3H3,(H,20,23). The molecule has 2 rings (SSSR count). The first kappa shape index (κ1) is 19.1. The molecule has 2 amide bonds. The fourth-order valence-electron chi connectivity index (χ4n) is 2.41. The summed E-state index contributed by atoms with van der Waals surface area (Å²) in [5.41, 5.74) is 3.34. The number of anilines is 1. The normalized spacial score (nSPS) is 10.3. The first-order chi connectivity index (χ1) is 12.3. The van der Waals surface area contributed by atoms with Gasteiger partial charge in [-0.05, 0) is 36.6 Å². The Morgan fingerprint density at radius 3 is 2.38 bits per heavy atom. The second-order valence-corrected chi connectivity index (χ2v) is 6.22. The second kappa shape index (κ2) is 8.24. The van der Waals surface area contributed by atoms with Crippen LogP contribution in [0.4, 0.5) is 11.4 Å². The van der Waals surface area contributed by atoms with Crippen molar-refractivity contribution < 1.29 is 14.5 Å². The predicted octanol–water partition coefficient (Wildman–Crippen LogP) is 2.85. The minimum Gasteiger partial charge on any atom is -0.336 e. The molecule has 0 aliphatic heterocycles. The molecular formula is C19H21N3O4. The van der Waals surface area contributed by atoms with E-state index in [1.165, 1.54) is 17.0 Å². The zero-order chi connectivity index (χ0) is 19.3. The first-order valence-corrected chi connectivity index (χ1v) is 8.10. The summed E-state index contributed by atoms with van der Waals surface area (Å²) in [7, 11) is 1.55. The van der Waals surface area contributed by atoms with Crippen LogP contribution in [-0.2, 0) is 16.0 Å². The van der Waals surface area contributed by atoms with Crippen LogP contribution in [0, 0.1) is 24.0 Å². The number of carbonyl (C=O) groups excluding carboxylic acids is 2. The lowest BCUT2D eigenvalue weighted by molar-refractivity contribution is -0.384. The molecule has 0 aromatic heterocycles. The number of nitrogens with one attached hydrogen (secondary N) is 1. The van der Waals surface area contributed by atoms with Gasteiger partial charge in [0.05, 0.1) is 17.9 Å². The molecule has 0 fully saturated rings. The topological polar surface area (TPSA) is 92.6 Å². The average molecular weight is 355 g/mol. The van der Waals surface area contributed by atoms with Gasteiger partial charge in [-0.3, -0.25) is 19.7 Å². The maximum Gasteiger partial charge on any atom is 0.269 e. The molecule has 0 unspecified atom stereocenters.